The summed E-state index contributed by atoms with van der Waals surface area (Å²) in [6.07, 6.45) is 1.70. The van der Waals surface area contributed by atoms with Crippen LogP contribution in [0, 0.1) is 10.1 Å². The first-order chi connectivity index (χ1) is 13.9. The Hall–Kier alpha value is -3.25. The number of aromatic nitrogens is 1. The third-order valence-corrected chi connectivity index (χ3v) is 5.19. The van der Waals surface area contributed by atoms with Crippen LogP contribution < -0.4 is 10.7 Å². The normalized spacial score (nSPS) is 16.1. The average Bonchev–Trinajstić information content (AvgIpc) is 3.27. The number of nitro benzene ring substituents is 1. The fraction of sp³-hybridized carbons (Fsp3) is 0.176. The molecule has 0 aliphatic carbocycles. The number of nitrogens with one attached hydrogen (secondary N) is 2. The number of nitrogens with zero attached hydrogens (tertiary/aromatic N) is 3. The first kappa shape index (κ1) is 20.5. The number of hydrogen-bond donors (Lipinski definition) is 2. The molecule has 1 aliphatic heterocycles. The standard InChI is InChI=1S/C17H15N5O5S2/c1-2-27-14(23)8-11-9-28-16(18-11)20-21-17-19-15(24)13(29-17)7-10-3-5-12(6-4-10)22(25)26/h3-7,9H,2,8H2,1H3,(H,18,20)(H,19,21,24)/b13-7+. The summed E-state index contributed by atoms with van der Waals surface area (Å²) in [5, 5.41) is 19.9. The highest BCUT2D eigenvalue weighted by Gasteiger charge is 2.24. The van der Waals surface area contributed by atoms with Crippen LogP contribution in [0.25, 0.3) is 6.08 Å². The van der Waals surface area contributed by atoms with Crippen LogP contribution in [0.15, 0.2) is 39.7 Å². The van der Waals surface area contributed by atoms with Crippen molar-refractivity contribution in [3.05, 3.63) is 55.9 Å². The Morgan fingerprint density at radius 2 is 2.17 bits per heavy atom. The Balaban J connectivity index is 1.61. The third-order valence-electron chi connectivity index (χ3n) is 3.49. The Morgan fingerprint density at radius 1 is 1.41 bits per heavy atom. The molecular formula is C17H15N5O5S2. The number of amidine groups is 1. The molecule has 1 aliphatic rings. The van der Waals surface area contributed by atoms with Gasteiger partial charge in [0.05, 0.1) is 28.6 Å². The maximum atomic E-state index is 12.1. The Labute approximate surface area is 173 Å². The number of carbonyl (C=O) groups excluding carboxylic acids is 2. The summed E-state index contributed by atoms with van der Waals surface area (Å²) in [6.45, 7) is 2.05. The van der Waals surface area contributed by atoms with Crippen LogP contribution in [-0.4, -0.2) is 33.6 Å². The lowest BCUT2D eigenvalue weighted by atomic mass is 10.2. The van der Waals surface area contributed by atoms with Gasteiger partial charge in [0.25, 0.3) is 11.6 Å². The number of thiazole rings is 1. The van der Waals surface area contributed by atoms with Crippen molar-refractivity contribution in [3.8, 4) is 0 Å². The molecule has 0 atom stereocenters. The molecule has 1 aromatic carbocycles. The SMILES string of the molecule is CCOC(=O)Cc1csc(N/N=C2/NC(=O)/C(=C\c3ccc([N+](=O)[O-])cc3)S2)n1. The first-order valence-electron chi connectivity index (χ1n) is 8.33. The molecule has 2 aromatic rings. The van der Waals surface area contributed by atoms with Crippen molar-refractivity contribution in [2.75, 3.05) is 12.0 Å². The molecule has 1 amide bonds. The molecular weight excluding hydrogens is 418 g/mol. The zero-order chi connectivity index (χ0) is 20.8. The smallest absolute Gasteiger partial charge is 0.311 e. The summed E-state index contributed by atoms with van der Waals surface area (Å²) in [5.41, 5.74) is 3.95. The van der Waals surface area contributed by atoms with Gasteiger partial charge in [-0.2, -0.15) is 0 Å². The second-order valence-electron chi connectivity index (χ2n) is 5.57. The summed E-state index contributed by atoms with van der Waals surface area (Å²) < 4.78 is 4.87. The van der Waals surface area contributed by atoms with E-state index in [0.29, 0.717) is 33.1 Å². The van der Waals surface area contributed by atoms with E-state index in [2.05, 4.69) is 20.8 Å². The van der Waals surface area contributed by atoms with Gasteiger partial charge in [-0.15, -0.1) is 16.4 Å². The monoisotopic (exact) mass is 433 g/mol. The van der Waals surface area contributed by atoms with E-state index in [1.165, 1.54) is 23.5 Å². The molecule has 29 heavy (non-hydrogen) atoms. The van der Waals surface area contributed by atoms with Gasteiger partial charge in [-0.1, -0.05) is 0 Å². The number of amides is 1. The Morgan fingerprint density at radius 3 is 2.86 bits per heavy atom. The van der Waals surface area contributed by atoms with Gasteiger partial charge in [-0.3, -0.25) is 30.4 Å². The Bertz CT molecular complexity index is 1000. The number of non-ortho nitro benzene ring substituents is 1. The second kappa shape index (κ2) is 9.30. The molecule has 0 radical (unpaired) electrons. The van der Waals surface area contributed by atoms with Crippen molar-refractivity contribution in [3.63, 3.8) is 0 Å². The number of thioether (sulfide) groups is 1. The van der Waals surface area contributed by atoms with Crippen LogP contribution in [0.2, 0.25) is 0 Å². The van der Waals surface area contributed by atoms with Crippen molar-refractivity contribution in [1.29, 1.82) is 0 Å². The maximum Gasteiger partial charge on any atom is 0.311 e. The summed E-state index contributed by atoms with van der Waals surface area (Å²) in [5.74, 6) is -0.675. The summed E-state index contributed by atoms with van der Waals surface area (Å²) in [7, 11) is 0. The number of ether oxygens (including phenoxy) is 1. The lowest BCUT2D eigenvalue weighted by molar-refractivity contribution is -0.384. The quantitative estimate of drug-likeness (QED) is 0.294. The molecule has 1 fully saturated rings. The fourth-order valence-electron chi connectivity index (χ4n) is 2.22. The van der Waals surface area contributed by atoms with Crippen LogP contribution in [0.3, 0.4) is 0 Å². The number of anilines is 1. The van der Waals surface area contributed by atoms with E-state index >= 15 is 0 Å². The molecule has 0 spiro atoms. The average molecular weight is 433 g/mol. The lowest BCUT2D eigenvalue weighted by Crippen LogP contribution is -2.20. The third kappa shape index (κ3) is 5.62. The van der Waals surface area contributed by atoms with Crippen molar-refractivity contribution >= 4 is 57.0 Å². The molecule has 0 unspecified atom stereocenters. The number of rotatable bonds is 7. The van der Waals surface area contributed by atoms with E-state index in [1.807, 2.05) is 0 Å². The zero-order valence-electron chi connectivity index (χ0n) is 15.1. The van der Waals surface area contributed by atoms with E-state index in [9.17, 15) is 19.7 Å². The topological polar surface area (TPSA) is 136 Å². The van der Waals surface area contributed by atoms with E-state index in [-0.39, 0.29) is 24.0 Å². The van der Waals surface area contributed by atoms with Gasteiger partial charge >= 0.3 is 5.97 Å². The predicted molar refractivity (Wildman–Crippen MR) is 110 cm³/mol. The molecule has 150 valence electrons. The van der Waals surface area contributed by atoms with Crippen LogP contribution in [0.1, 0.15) is 18.2 Å². The molecule has 0 bridgehead atoms. The van der Waals surface area contributed by atoms with Crippen LogP contribution in [0.4, 0.5) is 10.8 Å². The highest BCUT2D eigenvalue weighted by Crippen LogP contribution is 2.27. The number of nitro groups is 1. The van der Waals surface area contributed by atoms with E-state index in [1.54, 1.807) is 30.5 Å². The van der Waals surface area contributed by atoms with Gasteiger partial charge in [0.1, 0.15) is 0 Å². The molecule has 2 N–H and O–H groups in total. The van der Waals surface area contributed by atoms with Gasteiger partial charge in [0.15, 0.2) is 5.17 Å². The molecule has 1 aromatic heterocycles. The maximum absolute atomic E-state index is 12.1. The van der Waals surface area contributed by atoms with Crippen molar-refractivity contribution in [2.45, 2.75) is 13.3 Å². The minimum Gasteiger partial charge on any atom is -0.466 e. The second-order valence-corrected chi connectivity index (χ2v) is 7.46. The highest BCUT2D eigenvalue weighted by atomic mass is 32.2. The van der Waals surface area contributed by atoms with Gasteiger partial charge in [0, 0.05) is 17.5 Å². The van der Waals surface area contributed by atoms with Gasteiger partial charge in [0.2, 0.25) is 5.13 Å². The zero-order valence-corrected chi connectivity index (χ0v) is 16.7. The summed E-state index contributed by atoms with van der Waals surface area (Å²) in [4.78, 5) is 38.4. The van der Waals surface area contributed by atoms with Gasteiger partial charge < -0.3 is 4.74 Å². The largest absolute Gasteiger partial charge is 0.466 e. The van der Waals surface area contributed by atoms with E-state index in [4.69, 9.17) is 4.74 Å². The molecule has 2 heterocycles. The molecule has 3 rings (SSSR count). The number of carbonyl (C=O) groups is 2. The molecule has 10 nitrogen and oxygen atoms in total. The number of hydrogen-bond acceptors (Lipinski definition) is 10. The minimum atomic E-state index is -0.485. The first-order valence-corrected chi connectivity index (χ1v) is 10.0. The van der Waals surface area contributed by atoms with Crippen LogP contribution in [0.5, 0.6) is 0 Å². The number of benzene rings is 1. The molecule has 12 heteroatoms. The van der Waals surface area contributed by atoms with Crippen LogP contribution in [-0.2, 0) is 20.7 Å². The van der Waals surface area contributed by atoms with E-state index in [0.717, 1.165) is 11.8 Å². The van der Waals surface area contributed by atoms with Gasteiger partial charge in [-0.05, 0) is 42.5 Å². The molecule has 1 saturated heterocycles. The van der Waals surface area contributed by atoms with Crippen molar-refractivity contribution in [2.24, 2.45) is 5.10 Å². The van der Waals surface area contributed by atoms with Crippen LogP contribution >= 0.6 is 23.1 Å². The van der Waals surface area contributed by atoms with Crippen molar-refractivity contribution < 1.29 is 19.2 Å². The highest BCUT2D eigenvalue weighted by molar-refractivity contribution is 8.18. The minimum absolute atomic E-state index is 0.0205. The summed E-state index contributed by atoms with van der Waals surface area (Å²) >= 11 is 2.40. The van der Waals surface area contributed by atoms with Crippen molar-refractivity contribution in [1.82, 2.24) is 10.3 Å². The molecule has 0 saturated carbocycles. The van der Waals surface area contributed by atoms with E-state index < -0.39 is 4.92 Å². The predicted octanol–water partition coefficient (Wildman–Crippen LogP) is 2.74. The summed E-state index contributed by atoms with van der Waals surface area (Å²) in [6, 6.07) is 5.87. The number of hydrazone groups is 1. The van der Waals surface area contributed by atoms with Gasteiger partial charge in [-0.25, -0.2) is 4.98 Å². The number of esters is 1. The fourth-order valence-corrected chi connectivity index (χ4v) is 3.66. The Kier molecular flexibility index (Phi) is 6.57. The lowest BCUT2D eigenvalue weighted by Gasteiger charge is -1.98.